The Balaban J connectivity index is 1.89. The van der Waals surface area contributed by atoms with E-state index in [9.17, 15) is 4.79 Å². The van der Waals surface area contributed by atoms with Crippen LogP contribution in [0.15, 0.2) is 60.7 Å². The molecule has 0 aromatic heterocycles. The predicted octanol–water partition coefficient (Wildman–Crippen LogP) is 4.44. The highest BCUT2D eigenvalue weighted by Gasteiger charge is 2.39. The van der Waals surface area contributed by atoms with Crippen LogP contribution >= 0.6 is 31.9 Å². The molecule has 1 saturated heterocycles. The molecule has 1 fully saturated rings. The first-order chi connectivity index (χ1) is 11.2. The second-order valence-electron chi connectivity index (χ2n) is 5.41. The molecule has 2 aromatic rings. The molecule has 0 N–H and O–H groups in total. The number of alkyl halides is 2. The Labute approximate surface area is 152 Å². The summed E-state index contributed by atoms with van der Waals surface area (Å²) in [7, 11) is 0. The Morgan fingerprint density at radius 1 is 1.09 bits per heavy atom. The number of carbonyl (C=O) groups is 1. The van der Waals surface area contributed by atoms with E-state index in [1.54, 1.807) is 0 Å². The molecule has 0 aliphatic carbocycles. The first-order valence-electron chi connectivity index (χ1n) is 7.46. The summed E-state index contributed by atoms with van der Waals surface area (Å²) in [4.78, 5) is 14.3. The Morgan fingerprint density at radius 3 is 2.22 bits per heavy atom. The molecule has 23 heavy (non-hydrogen) atoms. The molecule has 0 bridgehead atoms. The van der Waals surface area contributed by atoms with Gasteiger partial charge in [-0.15, -0.1) is 0 Å². The highest BCUT2D eigenvalue weighted by atomic mass is 79.9. The van der Waals surface area contributed by atoms with Crippen molar-refractivity contribution in [2.24, 2.45) is 0 Å². The van der Waals surface area contributed by atoms with Gasteiger partial charge in [0.2, 0.25) is 5.91 Å². The molecule has 120 valence electrons. The average Bonchev–Trinajstić information content (AvgIpc) is 3.07. The van der Waals surface area contributed by atoms with Gasteiger partial charge in [-0.3, -0.25) is 4.79 Å². The van der Waals surface area contributed by atoms with Gasteiger partial charge in [0.15, 0.2) is 6.23 Å². The molecule has 2 aromatic carbocycles. The molecular weight excluding hydrogens is 422 g/mol. The summed E-state index contributed by atoms with van der Waals surface area (Å²) in [5.74, 6) is 0.0363. The predicted molar refractivity (Wildman–Crippen MR) is 97.7 cm³/mol. The largest absolute Gasteiger partial charge is 0.344 e. The summed E-state index contributed by atoms with van der Waals surface area (Å²) < 4.78 is 6.23. The average molecular weight is 439 g/mol. The van der Waals surface area contributed by atoms with Crippen LogP contribution in [0.25, 0.3) is 0 Å². The van der Waals surface area contributed by atoms with E-state index in [0.29, 0.717) is 11.9 Å². The normalized spacial score (nSPS) is 22.1. The fraction of sp³-hybridized carbons (Fsp3) is 0.278. The third-order valence-electron chi connectivity index (χ3n) is 3.88. The van der Waals surface area contributed by atoms with Crippen molar-refractivity contribution in [3.05, 3.63) is 71.8 Å². The molecule has 1 aliphatic rings. The van der Waals surface area contributed by atoms with E-state index in [1.807, 2.05) is 65.6 Å². The van der Waals surface area contributed by atoms with Crippen LogP contribution in [0.4, 0.5) is 0 Å². The molecule has 1 aliphatic heterocycles. The highest BCUT2D eigenvalue weighted by molar-refractivity contribution is 9.12. The van der Waals surface area contributed by atoms with Gasteiger partial charge in [-0.1, -0.05) is 92.5 Å². The van der Waals surface area contributed by atoms with Crippen LogP contribution in [0, 0.1) is 0 Å². The van der Waals surface area contributed by atoms with Gasteiger partial charge in [-0.2, -0.15) is 0 Å². The van der Waals surface area contributed by atoms with E-state index >= 15 is 0 Å². The highest BCUT2D eigenvalue weighted by Crippen LogP contribution is 2.38. The van der Waals surface area contributed by atoms with Crippen molar-refractivity contribution < 1.29 is 9.53 Å². The molecule has 3 nitrogen and oxygen atoms in total. The van der Waals surface area contributed by atoms with Gasteiger partial charge in [0.25, 0.3) is 0 Å². The zero-order valence-electron chi connectivity index (χ0n) is 12.4. The summed E-state index contributed by atoms with van der Waals surface area (Å²) in [6, 6.07) is 19.9. The lowest BCUT2D eigenvalue weighted by molar-refractivity contribution is -0.135. The van der Waals surface area contributed by atoms with E-state index in [1.165, 1.54) is 0 Å². The topological polar surface area (TPSA) is 29.5 Å². The maximum Gasteiger partial charge on any atom is 0.239 e. The van der Waals surface area contributed by atoms with Gasteiger partial charge in [0.05, 0.1) is 6.54 Å². The molecule has 1 amide bonds. The van der Waals surface area contributed by atoms with Crippen LogP contribution in [-0.2, 0) is 9.53 Å². The van der Waals surface area contributed by atoms with Crippen LogP contribution in [0.2, 0.25) is 0 Å². The zero-order chi connectivity index (χ0) is 16.2. The number of hydrogen-bond donors (Lipinski definition) is 0. The Morgan fingerprint density at radius 2 is 1.65 bits per heavy atom. The van der Waals surface area contributed by atoms with Crippen LogP contribution in [0.5, 0.6) is 0 Å². The van der Waals surface area contributed by atoms with Gasteiger partial charge in [-0.25, -0.2) is 0 Å². The smallest absolute Gasteiger partial charge is 0.239 e. The first kappa shape index (κ1) is 16.7. The minimum absolute atomic E-state index is 0.0363. The van der Waals surface area contributed by atoms with Gasteiger partial charge in [0, 0.05) is 10.9 Å². The Hall–Kier alpha value is -1.17. The lowest BCUT2D eigenvalue weighted by atomic mass is 10.1. The van der Waals surface area contributed by atoms with Gasteiger partial charge in [0.1, 0.15) is 10.9 Å². The molecule has 0 spiro atoms. The van der Waals surface area contributed by atoms with Gasteiger partial charge in [-0.05, 0) is 5.56 Å². The van der Waals surface area contributed by atoms with Crippen LogP contribution in [-0.4, -0.2) is 27.5 Å². The number of halogens is 2. The lowest BCUT2D eigenvalue weighted by Crippen LogP contribution is -2.37. The standard InChI is InChI=1S/C18H17Br2NO2/c19-11-15(20)17(22)21-12-16(13-7-3-1-4-8-13)23-18(21)14-9-5-2-6-10-14/h1-10,15-16,18H,11-12H2. The van der Waals surface area contributed by atoms with E-state index in [-0.39, 0.29) is 23.1 Å². The van der Waals surface area contributed by atoms with Crippen molar-refractivity contribution in [2.75, 3.05) is 11.9 Å². The first-order valence-corrected chi connectivity index (χ1v) is 9.50. The quantitative estimate of drug-likeness (QED) is 0.660. The lowest BCUT2D eigenvalue weighted by Gasteiger charge is -2.24. The molecule has 3 rings (SSSR count). The molecular formula is C18H17Br2NO2. The van der Waals surface area contributed by atoms with E-state index < -0.39 is 0 Å². The molecule has 1 heterocycles. The fourth-order valence-corrected chi connectivity index (χ4v) is 3.27. The van der Waals surface area contributed by atoms with E-state index in [2.05, 4.69) is 31.9 Å². The minimum atomic E-state index is -0.354. The van der Waals surface area contributed by atoms with Crippen molar-refractivity contribution >= 4 is 37.8 Å². The molecule has 0 radical (unpaired) electrons. The number of nitrogens with zero attached hydrogens (tertiary/aromatic N) is 1. The van der Waals surface area contributed by atoms with Gasteiger partial charge < -0.3 is 9.64 Å². The maximum absolute atomic E-state index is 12.7. The zero-order valence-corrected chi connectivity index (χ0v) is 15.6. The van der Waals surface area contributed by atoms with Gasteiger partial charge >= 0.3 is 0 Å². The number of rotatable bonds is 4. The summed E-state index contributed by atoms with van der Waals surface area (Å²) in [6.07, 6.45) is -0.464. The second kappa shape index (κ2) is 7.60. The number of amides is 1. The summed E-state index contributed by atoms with van der Waals surface area (Å²) in [5.41, 5.74) is 2.09. The Kier molecular flexibility index (Phi) is 5.51. The monoisotopic (exact) mass is 437 g/mol. The summed E-state index contributed by atoms with van der Waals surface area (Å²) in [6.45, 7) is 0.553. The fourth-order valence-electron chi connectivity index (χ4n) is 2.73. The number of carbonyl (C=O) groups excluding carboxylic acids is 1. The van der Waals surface area contributed by atoms with Crippen molar-refractivity contribution in [1.82, 2.24) is 4.90 Å². The van der Waals surface area contributed by atoms with Crippen LogP contribution < -0.4 is 0 Å². The number of hydrogen-bond acceptors (Lipinski definition) is 2. The minimum Gasteiger partial charge on any atom is -0.344 e. The summed E-state index contributed by atoms with van der Waals surface area (Å²) in [5, 5.41) is 0.569. The molecule has 0 saturated carbocycles. The van der Waals surface area contributed by atoms with Crippen molar-refractivity contribution in [2.45, 2.75) is 17.2 Å². The number of ether oxygens (including phenoxy) is 1. The third-order valence-corrected chi connectivity index (χ3v) is 6.11. The molecule has 3 atom stereocenters. The maximum atomic E-state index is 12.7. The molecule has 5 heteroatoms. The SMILES string of the molecule is O=C(C(Br)CBr)N1CC(c2ccccc2)OC1c1ccccc1. The summed E-state index contributed by atoms with van der Waals surface area (Å²) >= 11 is 6.80. The number of benzene rings is 2. The van der Waals surface area contributed by atoms with Crippen LogP contribution in [0.1, 0.15) is 23.5 Å². The van der Waals surface area contributed by atoms with Crippen LogP contribution in [0.3, 0.4) is 0 Å². The Bertz CT molecular complexity index is 651. The van der Waals surface area contributed by atoms with E-state index in [0.717, 1.165) is 11.1 Å². The second-order valence-corrected chi connectivity index (χ2v) is 7.16. The van der Waals surface area contributed by atoms with Crippen molar-refractivity contribution in [1.29, 1.82) is 0 Å². The van der Waals surface area contributed by atoms with Crippen molar-refractivity contribution in [3.63, 3.8) is 0 Å². The van der Waals surface area contributed by atoms with E-state index in [4.69, 9.17) is 4.74 Å². The third kappa shape index (κ3) is 3.67. The van der Waals surface area contributed by atoms with Crippen molar-refractivity contribution in [3.8, 4) is 0 Å². The molecule has 3 unspecified atom stereocenters.